The second-order valence-electron chi connectivity index (χ2n) is 7.44. The van der Waals surface area contributed by atoms with Gasteiger partial charge in [-0.15, -0.1) is 0 Å². The van der Waals surface area contributed by atoms with Gasteiger partial charge in [-0.2, -0.15) is 0 Å². The SMILES string of the molecule is O=C(Nc1ccc(Br)c(Cl)c1)c1ccc(CN(c2ccccc2)S(=O)(=O)c2ccccc2)cc1. The van der Waals surface area contributed by atoms with Gasteiger partial charge in [0.05, 0.1) is 22.2 Å². The molecule has 5 nitrogen and oxygen atoms in total. The van der Waals surface area contributed by atoms with E-state index in [1.54, 1.807) is 97.1 Å². The molecule has 0 bridgehead atoms. The standard InChI is InChI=1S/C26H20BrClN2O3S/c27-24-16-15-21(17-25(24)28)29-26(31)20-13-11-19(12-14-20)18-30(22-7-3-1-4-8-22)34(32,33)23-9-5-2-6-10-23/h1-17H,18H2,(H,29,31). The van der Waals surface area contributed by atoms with Crippen molar-refractivity contribution >= 4 is 54.8 Å². The lowest BCUT2D eigenvalue weighted by Gasteiger charge is -2.25. The van der Waals surface area contributed by atoms with Crippen LogP contribution in [0.3, 0.4) is 0 Å². The molecule has 0 fully saturated rings. The molecule has 4 aromatic carbocycles. The van der Waals surface area contributed by atoms with Crippen LogP contribution in [0, 0.1) is 0 Å². The molecule has 0 aliphatic rings. The van der Waals surface area contributed by atoms with Crippen LogP contribution in [0.4, 0.5) is 11.4 Å². The van der Waals surface area contributed by atoms with Gasteiger partial charge in [-0.3, -0.25) is 9.10 Å². The Hall–Kier alpha value is -3.13. The summed E-state index contributed by atoms with van der Waals surface area (Å²) in [6, 6.07) is 29.3. The number of hydrogen-bond donors (Lipinski definition) is 1. The highest BCUT2D eigenvalue weighted by Gasteiger charge is 2.25. The second kappa shape index (κ2) is 10.4. The molecule has 0 spiro atoms. The second-order valence-corrected chi connectivity index (χ2v) is 10.6. The normalized spacial score (nSPS) is 11.1. The molecule has 0 heterocycles. The Balaban J connectivity index is 1.57. The minimum absolute atomic E-state index is 0.117. The quantitative estimate of drug-likeness (QED) is 0.274. The van der Waals surface area contributed by atoms with E-state index in [0.717, 1.165) is 10.0 Å². The average Bonchev–Trinajstić information content (AvgIpc) is 2.86. The zero-order valence-electron chi connectivity index (χ0n) is 17.9. The van der Waals surface area contributed by atoms with Crippen LogP contribution in [-0.2, 0) is 16.6 Å². The third-order valence-electron chi connectivity index (χ3n) is 5.10. The van der Waals surface area contributed by atoms with E-state index in [4.69, 9.17) is 11.6 Å². The summed E-state index contributed by atoms with van der Waals surface area (Å²) in [5.41, 5.74) is 2.32. The first-order valence-corrected chi connectivity index (χ1v) is 12.9. The van der Waals surface area contributed by atoms with Gasteiger partial charge in [0.25, 0.3) is 15.9 Å². The summed E-state index contributed by atoms with van der Waals surface area (Å²) in [7, 11) is -3.79. The van der Waals surface area contributed by atoms with Crippen LogP contribution in [-0.4, -0.2) is 14.3 Å². The van der Waals surface area contributed by atoms with Crippen molar-refractivity contribution < 1.29 is 13.2 Å². The molecule has 0 aliphatic carbocycles. The van der Waals surface area contributed by atoms with Gasteiger partial charge in [-0.25, -0.2) is 8.42 Å². The van der Waals surface area contributed by atoms with Gasteiger partial charge < -0.3 is 5.32 Å². The average molecular weight is 556 g/mol. The molecule has 0 aromatic heterocycles. The molecular formula is C26H20BrClN2O3S. The number of carbonyl (C=O) groups is 1. The van der Waals surface area contributed by atoms with Gasteiger partial charge in [0.15, 0.2) is 0 Å². The number of hydrogen-bond acceptors (Lipinski definition) is 3. The van der Waals surface area contributed by atoms with Crippen LogP contribution in [0.25, 0.3) is 0 Å². The van der Waals surface area contributed by atoms with Gasteiger partial charge in [0.2, 0.25) is 0 Å². The van der Waals surface area contributed by atoms with Crippen molar-refractivity contribution in [3.05, 3.63) is 124 Å². The number of nitrogens with one attached hydrogen (secondary N) is 1. The maximum atomic E-state index is 13.4. The highest BCUT2D eigenvalue weighted by atomic mass is 79.9. The van der Waals surface area contributed by atoms with E-state index in [0.29, 0.717) is 22.0 Å². The van der Waals surface area contributed by atoms with E-state index in [9.17, 15) is 13.2 Å². The number of nitrogens with zero attached hydrogens (tertiary/aromatic N) is 1. The number of sulfonamides is 1. The molecule has 4 rings (SSSR count). The van der Waals surface area contributed by atoms with Crippen LogP contribution in [0.5, 0.6) is 0 Å². The fourth-order valence-corrected chi connectivity index (χ4v) is 5.23. The number of benzene rings is 4. The maximum absolute atomic E-state index is 13.4. The van der Waals surface area contributed by atoms with Crippen LogP contribution in [0.2, 0.25) is 5.02 Å². The molecule has 1 amide bonds. The number of para-hydroxylation sites is 1. The third kappa shape index (κ3) is 5.50. The molecule has 34 heavy (non-hydrogen) atoms. The molecule has 172 valence electrons. The number of anilines is 2. The van der Waals surface area contributed by atoms with E-state index in [1.165, 1.54) is 4.31 Å². The van der Waals surface area contributed by atoms with E-state index in [2.05, 4.69) is 21.2 Å². The van der Waals surface area contributed by atoms with E-state index in [1.807, 2.05) is 6.07 Å². The third-order valence-corrected chi connectivity index (χ3v) is 8.12. The van der Waals surface area contributed by atoms with Crippen molar-refractivity contribution in [2.24, 2.45) is 0 Å². The molecule has 0 saturated carbocycles. The molecule has 0 unspecified atom stereocenters. The monoisotopic (exact) mass is 554 g/mol. The van der Waals surface area contributed by atoms with Gasteiger partial charge in [-0.1, -0.05) is 60.1 Å². The Labute approximate surface area is 212 Å². The molecule has 1 N–H and O–H groups in total. The highest BCUT2D eigenvalue weighted by molar-refractivity contribution is 9.10. The van der Waals surface area contributed by atoms with Crippen molar-refractivity contribution in [1.29, 1.82) is 0 Å². The fraction of sp³-hybridized carbons (Fsp3) is 0.0385. The van der Waals surface area contributed by atoms with Crippen molar-refractivity contribution in [1.82, 2.24) is 0 Å². The van der Waals surface area contributed by atoms with Gasteiger partial charge >= 0.3 is 0 Å². The Kier molecular flexibility index (Phi) is 7.36. The molecule has 0 aliphatic heterocycles. The van der Waals surface area contributed by atoms with E-state index in [-0.39, 0.29) is 17.3 Å². The maximum Gasteiger partial charge on any atom is 0.264 e. The fourth-order valence-electron chi connectivity index (χ4n) is 3.33. The van der Waals surface area contributed by atoms with Crippen LogP contribution < -0.4 is 9.62 Å². The molecule has 0 atom stereocenters. The molecule has 8 heteroatoms. The van der Waals surface area contributed by atoms with Crippen LogP contribution >= 0.6 is 27.5 Å². The first-order valence-electron chi connectivity index (χ1n) is 10.3. The lowest BCUT2D eigenvalue weighted by atomic mass is 10.1. The Morgan fingerprint density at radius 1 is 0.853 bits per heavy atom. The minimum atomic E-state index is -3.79. The summed E-state index contributed by atoms with van der Waals surface area (Å²) in [4.78, 5) is 12.8. The van der Waals surface area contributed by atoms with Crippen LogP contribution in [0.1, 0.15) is 15.9 Å². The zero-order chi connectivity index (χ0) is 24.1. The zero-order valence-corrected chi connectivity index (χ0v) is 21.0. The number of amides is 1. The Morgan fingerprint density at radius 3 is 2.09 bits per heavy atom. The first-order chi connectivity index (χ1) is 16.3. The molecular weight excluding hydrogens is 536 g/mol. The van der Waals surface area contributed by atoms with Crippen molar-refractivity contribution in [2.45, 2.75) is 11.4 Å². The largest absolute Gasteiger partial charge is 0.322 e. The summed E-state index contributed by atoms with van der Waals surface area (Å²) in [6.45, 7) is 0.117. The predicted molar refractivity (Wildman–Crippen MR) is 140 cm³/mol. The number of carbonyl (C=O) groups excluding carboxylic acids is 1. The van der Waals surface area contributed by atoms with Gasteiger partial charge in [0.1, 0.15) is 0 Å². The van der Waals surface area contributed by atoms with E-state index < -0.39 is 10.0 Å². The smallest absolute Gasteiger partial charge is 0.264 e. The molecule has 0 radical (unpaired) electrons. The van der Waals surface area contributed by atoms with Crippen LogP contribution in [0.15, 0.2) is 112 Å². The van der Waals surface area contributed by atoms with Gasteiger partial charge in [0, 0.05) is 15.7 Å². The van der Waals surface area contributed by atoms with Crippen molar-refractivity contribution in [3.63, 3.8) is 0 Å². The molecule has 4 aromatic rings. The Bertz CT molecular complexity index is 1400. The summed E-state index contributed by atoms with van der Waals surface area (Å²) < 4.78 is 28.9. The Morgan fingerprint density at radius 2 is 1.47 bits per heavy atom. The molecule has 0 saturated heterocycles. The highest BCUT2D eigenvalue weighted by Crippen LogP contribution is 2.27. The van der Waals surface area contributed by atoms with Crippen molar-refractivity contribution in [2.75, 3.05) is 9.62 Å². The summed E-state index contributed by atoms with van der Waals surface area (Å²) >= 11 is 9.41. The van der Waals surface area contributed by atoms with E-state index >= 15 is 0 Å². The summed E-state index contributed by atoms with van der Waals surface area (Å²) in [5, 5.41) is 3.30. The minimum Gasteiger partial charge on any atom is -0.322 e. The lowest BCUT2D eigenvalue weighted by molar-refractivity contribution is 0.102. The van der Waals surface area contributed by atoms with Crippen molar-refractivity contribution in [3.8, 4) is 0 Å². The first kappa shape index (κ1) is 24.0. The summed E-state index contributed by atoms with van der Waals surface area (Å²) in [6.07, 6.45) is 0. The van der Waals surface area contributed by atoms with Gasteiger partial charge in [-0.05, 0) is 76.1 Å². The lowest BCUT2D eigenvalue weighted by Crippen LogP contribution is -2.30. The number of halogens is 2. The predicted octanol–water partition coefficient (Wildman–Crippen LogP) is 6.75. The number of rotatable bonds is 7. The summed E-state index contributed by atoms with van der Waals surface area (Å²) in [5.74, 6) is -0.290. The topological polar surface area (TPSA) is 66.5 Å².